The van der Waals surface area contributed by atoms with E-state index >= 15 is 0 Å². The third-order valence-electron chi connectivity index (χ3n) is 3.86. The van der Waals surface area contributed by atoms with E-state index < -0.39 is 0 Å². The first-order chi connectivity index (χ1) is 10.2. The lowest BCUT2D eigenvalue weighted by atomic mass is 10.0. The number of ether oxygens (including phenoxy) is 1. The maximum absolute atomic E-state index is 14.4. The van der Waals surface area contributed by atoms with Gasteiger partial charge in [-0.25, -0.2) is 14.4 Å². The largest absolute Gasteiger partial charge is 0.379 e. The Labute approximate surface area is 121 Å². The van der Waals surface area contributed by atoms with Crippen molar-refractivity contribution in [3.05, 3.63) is 29.7 Å². The van der Waals surface area contributed by atoms with Gasteiger partial charge in [0.15, 0.2) is 11.6 Å². The van der Waals surface area contributed by atoms with Gasteiger partial charge in [-0.2, -0.15) is 15.4 Å². The summed E-state index contributed by atoms with van der Waals surface area (Å²) in [4.78, 5) is 9.94. The van der Waals surface area contributed by atoms with Crippen molar-refractivity contribution in [2.45, 2.75) is 25.4 Å². The highest BCUT2D eigenvalue weighted by Gasteiger charge is 2.37. The van der Waals surface area contributed by atoms with Gasteiger partial charge in [0.2, 0.25) is 0 Å². The van der Waals surface area contributed by atoms with Crippen molar-refractivity contribution in [3.63, 3.8) is 0 Å². The quantitative estimate of drug-likeness (QED) is 0.902. The van der Waals surface area contributed by atoms with Crippen LogP contribution in [-0.2, 0) is 11.2 Å². The number of methoxy groups -OCH3 is 1. The lowest BCUT2D eigenvalue weighted by molar-refractivity contribution is 0.105. The van der Waals surface area contributed by atoms with Crippen molar-refractivity contribution in [1.29, 1.82) is 0 Å². The molecule has 0 aromatic carbocycles. The summed E-state index contributed by atoms with van der Waals surface area (Å²) in [5.41, 5.74) is 1.24. The Hall–Kier alpha value is -2.09. The molecule has 1 N–H and O–H groups in total. The highest BCUT2D eigenvalue weighted by molar-refractivity contribution is 5.44. The Bertz CT molecular complexity index is 605. The number of halogens is 1. The second-order valence-corrected chi connectivity index (χ2v) is 4.99. The predicted molar refractivity (Wildman–Crippen MR) is 73.5 cm³/mol. The van der Waals surface area contributed by atoms with Gasteiger partial charge in [-0.1, -0.05) is 6.92 Å². The van der Waals surface area contributed by atoms with Crippen LogP contribution in [0.3, 0.4) is 0 Å². The molecule has 3 heterocycles. The van der Waals surface area contributed by atoms with Crippen molar-refractivity contribution >= 4 is 5.82 Å². The first kappa shape index (κ1) is 13.9. The molecule has 0 bridgehead atoms. The number of hydrogen-bond donors (Lipinski definition) is 1. The Balaban J connectivity index is 1.88. The molecule has 0 amide bonds. The standard InChI is InChI=1S/C13H17FN6O/c1-3-9-12(14)13(16-7-15-9)20-5-8(11(6-20)21-2)10-4-17-19-18-10/h4,7-8,11H,3,5-6H2,1-2H3,(H,17,18,19)/t8-,11+/m0/s1. The molecule has 0 radical (unpaired) electrons. The van der Waals surface area contributed by atoms with Crippen LogP contribution in [0.1, 0.15) is 24.2 Å². The Morgan fingerprint density at radius 1 is 1.43 bits per heavy atom. The van der Waals surface area contributed by atoms with Gasteiger partial charge >= 0.3 is 0 Å². The third-order valence-corrected chi connectivity index (χ3v) is 3.86. The number of rotatable bonds is 4. The average molecular weight is 292 g/mol. The summed E-state index contributed by atoms with van der Waals surface area (Å²) in [6, 6.07) is 0. The van der Waals surface area contributed by atoms with E-state index in [1.165, 1.54) is 6.33 Å². The fraction of sp³-hybridized carbons (Fsp3) is 0.538. The molecule has 2 atom stereocenters. The number of nitrogens with zero attached hydrogens (tertiary/aromatic N) is 5. The van der Waals surface area contributed by atoms with E-state index in [0.717, 1.165) is 5.69 Å². The van der Waals surface area contributed by atoms with Gasteiger partial charge in [0.05, 0.1) is 29.6 Å². The molecule has 1 aliphatic heterocycles. The number of aromatic nitrogens is 5. The first-order valence-corrected chi connectivity index (χ1v) is 6.87. The van der Waals surface area contributed by atoms with Crippen LogP contribution >= 0.6 is 0 Å². The highest BCUT2D eigenvalue weighted by atomic mass is 19.1. The molecule has 2 aromatic rings. The second kappa shape index (κ2) is 5.72. The van der Waals surface area contributed by atoms with Crippen LogP contribution in [0, 0.1) is 5.82 Å². The molecular formula is C13H17FN6O. The molecule has 0 spiro atoms. The minimum absolute atomic E-state index is 0.0354. The number of nitrogens with one attached hydrogen (secondary N) is 1. The summed E-state index contributed by atoms with van der Waals surface area (Å²) in [5, 5.41) is 10.5. The SMILES string of the molecule is CCc1ncnc(N2C[C@@H](OC)[C@H](c3cn[nH]n3)C2)c1F. The van der Waals surface area contributed by atoms with E-state index in [4.69, 9.17) is 4.74 Å². The van der Waals surface area contributed by atoms with Crippen molar-refractivity contribution in [3.8, 4) is 0 Å². The van der Waals surface area contributed by atoms with Crippen LogP contribution in [-0.4, -0.2) is 51.7 Å². The zero-order valence-corrected chi connectivity index (χ0v) is 12.0. The highest BCUT2D eigenvalue weighted by Crippen LogP contribution is 2.32. The molecular weight excluding hydrogens is 275 g/mol. The van der Waals surface area contributed by atoms with Crippen molar-refractivity contribution in [1.82, 2.24) is 25.4 Å². The first-order valence-electron chi connectivity index (χ1n) is 6.87. The molecule has 1 saturated heterocycles. The number of anilines is 1. The van der Waals surface area contributed by atoms with E-state index in [1.54, 1.807) is 13.3 Å². The number of hydrogen-bond acceptors (Lipinski definition) is 6. The van der Waals surface area contributed by atoms with Crippen LogP contribution in [0.4, 0.5) is 10.2 Å². The molecule has 7 nitrogen and oxygen atoms in total. The molecule has 2 aromatic heterocycles. The second-order valence-electron chi connectivity index (χ2n) is 4.99. The zero-order chi connectivity index (χ0) is 14.8. The van der Waals surface area contributed by atoms with Gasteiger partial charge in [-0.15, -0.1) is 0 Å². The fourth-order valence-corrected chi connectivity index (χ4v) is 2.72. The van der Waals surface area contributed by atoms with E-state index in [9.17, 15) is 4.39 Å². The predicted octanol–water partition coefficient (Wildman–Crippen LogP) is 0.915. The summed E-state index contributed by atoms with van der Waals surface area (Å²) in [5.74, 6) is 0.0127. The summed E-state index contributed by atoms with van der Waals surface area (Å²) >= 11 is 0. The Morgan fingerprint density at radius 3 is 2.95 bits per heavy atom. The van der Waals surface area contributed by atoms with Crippen LogP contribution < -0.4 is 4.90 Å². The summed E-state index contributed by atoms with van der Waals surface area (Å²) in [6.07, 6.45) is 3.54. The fourth-order valence-electron chi connectivity index (χ4n) is 2.72. The van der Waals surface area contributed by atoms with Crippen LogP contribution in [0.5, 0.6) is 0 Å². The average Bonchev–Trinajstić information content (AvgIpc) is 3.16. The van der Waals surface area contributed by atoms with Gasteiger partial charge in [0, 0.05) is 20.2 Å². The minimum atomic E-state index is -0.351. The third kappa shape index (κ3) is 2.46. The molecule has 21 heavy (non-hydrogen) atoms. The molecule has 1 aliphatic rings. The van der Waals surface area contributed by atoms with E-state index in [0.29, 0.717) is 31.0 Å². The summed E-state index contributed by atoms with van der Waals surface area (Å²) in [6.45, 7) is 3.02. The smallest absolute Gasteiger partial charge is 0.187 e. The molecule has 112 valence electrons. The maximum atomic E-state index is 14.4. The molecule has 0 saturated carbocycles. The van der Waals surface area contributed by atoms with E-state index in [2.05, 4.69) is 25.4 Å². The number of H-pyrrole nitrogens is 1. The lowest BCUT2D eigenvalue weighted by Gasteiger charge is -2.18. The molecule has 8 heteroatoms. The summed E-state index contributed by atoms with van der Waals surface area (Å²) in [7, 11) is 1.65. The maximum Gasteiger partial charge on any atom is 0.187 e. The summed E-state index contributed by atoms with van der Waals surface area (Å²) < 4.78 is 19.9. The Kier molecular flexibility index (Phi) is 3.78. The molecule has 1 fully saturated rings. The molecule has 0 aliphatic carbocycles. The van der Waals surface area contributed by atoms with Crippen LogP contribution in [0.2, 0.25) is 0 Å². The Morgan fingerprint density at radius 2 is 2.29 bits per heavy atom. The molecule has 0 unspecified atom stereocenters. The van der Waals surface area contributed by atoms with E-state index in [1.807, 2.05) is 11.8 Å². The normalized spacial score (nSPS) is 22.0. The minimum Gasteiger partial charge on any atom is -0.379 e. The monoisotopic (exact) mass is 292 g/mol. The van der Waals surface area contributed by atoms with Gasteiger partial charge in [-0.3, -0.25) is 0 Å². The van der Waals surface area contributed by atoms with Crippen molar-refractivity contribution < 1.29 is 9.13 Å². The molecule has 3 rings (SSSR count). The topological polar surface area (TPSA) is 79.8 Å². The van der Waals surface area contributed by atoms with Crippen molar-refractivity contribution in [2.75, 3.05) is 25.1 Å². The van der Waals surface area contributed by atoms with Gasteiger partial charge in [0.25, 0.3) is 0 Å². The van der Waals surface area contributed by atoms with Crippen LogP contribution in [0.15, 0.2) is 12.5 Å². The zero-order valence-electron chi connectivity index (χ0n) is 12.0. The van der Waals surface area contributed by atoms with Crippen molar-refractivity contribution in [2.24, 2.45) is 0 Å². The van der Waals surface area contributed by atoms with Gasteiger partial charge in [-0.05, 0) is 6.42 Å². The van der Waals surface area contributed by atoms with Gasteiger partial charge in [0.1, 0.15) is 6.33 Å². The van der Waals surface area contributed by atoms with E-state index in [-0.39, 0.29) is 17.8 Å². The van der Waals surface area contributed by atoms with Crippen LogP contribution in [0.25, 0.3) is 0 Å². The number of aryl methyl sites for hydroxylation is 1. The van der Waals surface area contributed by atoms with Gasteiger partial charge < -0.3 is 9.64 Å². The number of aromatic amines is 1. The lowest BCUT2D eigenvalue weighted by Crippen LogP contribution is -2.24.